The summed E-state index contributed by atoms with van der Waals surface area (Å²) in [5, 5.41) is 14.0. The molecule has 0 unspecified atom stereocenters. The number of rotatable bonds is 10. The zero-order valence-corrected chi connectivity index (χ0v) is 17.8. The van der Waals surface area contributed by atoms with E-state index in [9.17, 15) is 9.90 Å². The third-order valence-electron chi connectivity index (χ3n) is 4.46. The molecule has 156 valence electrons. The molecule has 0 saturated carbocycles. The monoisotopic (exact) mass is 417 g/mol. The number of ether oxygens (including phenoxy) is 2. The third-order valence-corrected chi connectivity index (χ3v) is 4.77. The van der Waals surface area contributed by atoms with Gasteiger partial charge in [0.05, 0.1) is 12.1 Å². The molecule has 0 aliphatic rings. The fourth-order valence-electron chi connectivity index (χ4n) is 2.79. The van der Waals surface area contributed by atoms with Gasteiger partial charge in [-0.3, -0.25) is 0 Å². The van der Waals surface area contributed by atoms with Crippen molar-refractivity contribution in [3.05, 3.63) is 70.8 Å². The summed E-state index contributed by atoms with van der Waals surface area (Å²) in [5.74, 6) is 0.208. The number of nitrogens with one attached hydrogen (secondary N) is 1. The number of hydrogen-bond acceptors (Lipinski definition) is 5. The van der Waals surface area contributed by atoms with Crippen molar-refractivity contribution in [2.24, 2.45) is 0 Å². The minimum Gasteiger partial charge on any atom is -0.489 e. The van der Waals surface area contributed by atoms with Gasteiger partial charge >= 0.3 is 5.97 Å². The molecule has 0 fully saturated rings. The first-order valence-electron chi connectivity index (χ1n) is 9.53. The van der Waals surface area contributed by atoms with Crippen molar-refractivity contribution in [1.29, 1.82) is 0 Å². The van der Waals surface area contributed by atoms with Crippen LogP contribution in [0.15, 0.2) is 54.6 Å². The van der Waals surface area contributed by atoms with Crippen molar-refractivity contribution in [3.63, 3.8) is 0 Å². The van der Waals surface area contributed by atoms with E-state index in [0.717, 1.165) is 17.6 Å². The summed E-state index contributed by atoms with van der Waals surface area (Å²) in [4.78, 5) is 11.3. The second kappa shape index (κ2) is 11.6. The van der Waals surface area contributed by atoms with Gasteiger partial charge in [-0.05, 0) is 49.1 Å². The second-order valence-electron chi connectivity index (χ2n) is 6.96. The van der Waals surface area contributed by atoms with Crippen LogP contribution in [0, 0.1) is 0 Å². The van der Waals surface area contributed by atoms with Crippen LogP contribution < -0.4 is 10.1 Å². The van der Waals surface area contributed by atoms with Crippen LogP contribution in [-0.2, 0) is 16.0 Å². The average molecular weight is 418 g/mol. The Balaban J connectivity index is 1.77. The fraction of sp³-hybridized carbons (Fsp3) is 0.348. The molecule has 0 bridgehead atoms. The van der Waals surface area contributed by atoms with E-state index in [-0.39, 0.29) is 18.6 Å². The Hall–Kier alpha value is -2.34. The number of halogens is 1. The van der Waals surface area contributed by atoms with Crippen LogP contribution in [0.2, 0.25) is 5.02 Å². The van der Waals surface area contributed by atoms with E-state index in [2.05, 4.69) is 17.0 Å². The zero-order valence-electron chi connectivity index (χ0n) is 17.0. The average Bonchev–Trinajstić information content (AvgIpc) is 2.72. The highest BCUT2D eigenvalue weighted by Crippen LogP contribution is 2.23. The number of aliphatic hydroxyl groups excluding tert-OH is 1. The SMILES string of the molecule is COC(=O)/C=C(\C)c1ccc(C[C@@H](C)NC[C@H](O)COc2ccccc2Cl)cc1. The van der Waals surface area contributed by atoms with Gasteiger partial charge in [0.15, 0.2) is 0 Å². The number of carbonyl (C=O) groups excluding carboxylic acids is 1. The van der Waals surface area contributed by atoms with E-state index in [1.807, 2.05) is 43.3 Å². The van der Waals surface area contributed by atoms with Crippen molar-refractivity contribution >= 4 is 23.1 Å². The van der Waals surface area contributed by atoms with E-state index in [0.29, 0.717) is 17.3 Å². The fourth-order valence-corrected chi connectivity index (χ4v) is 2.98. The van der Waals surface area contributed by atoms with Gasteiger partial charge < -0.3 is 19.9 Å². The molecule has 0 heterocycles. The highest BCUT2D eigenvalue weighted by Gasteiger charge is 2.10. The quantitative estimate of drug-likeness (QED) is 0.453. The maximum atomic E-state index is 11.3. The van der Waals surface area contributed by atoms with E-state index in [1.165, 1.54) is 18.7 Å². The van der Waals surface area contributed by atoms with Gasteiger partial charge in [0.2, 0.25) is 0 Å². The van der Waals surface area contributed by atoms with E-state index in [4.69, 9.17) is 16.3 Å². The molecular formula is C23H28ClNO4. The third kappa shape index (κ3) is 7.89. The Kier molecular flexibility index (Phi) is 9.19. The van der Waals surface area contributed by atoms with Crippen LogP contribution in [-0.4, -0.2) is 43.5 Å². The maximum absolute atomic E-state index is 11.3. The molecule has 2 aromatic carbocycles. The lowest BCUT2D eigenvalue weighted by atomic mass is 10.0. The minimum absolute atomic E-state index is 0.171. The summed E-state index contributed by atoms with van der Waals surface area (Å²) in [6, 6.07) is 15.4. The molecule has 29 heavy (non-hydrogen) atoms. The molecule has 6 heteroatoms. The molecule has 0 spiro atoms. The van der Waals surface area contributed by atoms with Gasteiger partial charge in [-0.1, -0.05) is 48.0 Å². The standard InChI is InChI=1S/C23H28ClNO4/c1-16(12-23(27)28-3)19-10-8-18(9-11-19)13-17(2)25-14-20(26)15-29-22-7-5-4-6-21(22)24/h4-12,17,20,25-26H,13-15H2,1-3H3/b16-12+/t17-,20+/m1/s1. The van der Waals surface area contributed by atoms with Gasteiger partial charge in [0, 0.05) is 18.7 Å². The Morgan fingerprint density at radius 1 is 1.21 bits per heavy atom. The Bertz CT molecular complexity index is 820. The van der Waals surface area contributed by atoms with Crippen LogP contribution in [0.25, 0.3) is 5.57 Å². The van der Waals surface area contributed by atoms with Crippen LogP contribution in [0.5, 0.6) is 5.75 Å². The van der Waals surface area contributed by atoms with E-state index in [1.54, 1.807) is 12.1 Å². The highest BCUT2D eigenvalue weighted by atomic mass is 35.5. The van der Waals surface area contributed by atoms with Crippen LogP contribution in [0.3, 0.4) is 0 Å². The molecule has 0 saturated heterocycles. The Morgan fingerprint density at radius 3 is 2.55 bits per heavy atom. The van der Waals surface area contributed by atoms with Gasteiger partial charge in [-0.2, -0.15) is 0 Å². The van der Waals surface area contributed by atoms with Crippen molar-refractivity contribution in [3.8, 4) is 5.75 Å². The number of para-hydroxylation sites is 1. The summed E-state index contributed by atoms with van der Waals surface area (Å²) in [6.45, 7) is 4.54. The normalized spacial score (nSPS) is 13.6. The van der Waals surface area contributed by atoms with Gasteiger partial charge in [0.25, 0.3) is 0 Å². The predicted octanol–water partition coefficient (Wildman–Crippen LogP) is 3.88. The predicted molar refractivity (Wildman–Crippen MR) is 116 cm³/mol. The molecule has 2 N–H and O–H groups in total. The van der Waals surface area contributed by atoms with Crippen LogP contribution in [0.1, 0.15) is 25.0 Å². The lowest BCUT2D eigenvalue weighted by Crippen LogP contribution is -2.37. The molecule has 2 atom stereocenters. The highest BCUT2D eigenvalue weighted by molar-refractivity contribution is 6.32. The topological polar surface area (TPSA) is 67.8 Å². The Morgan fingerprint density at radius 2 is 1.90 bits per heavy atom. The molecule has 5 nitrogen and oxygen atoms in total. The maximum Gasteiger partial charge on any atom is 0.330 e. The van der Waals surface area contributed by atoms with E-state index < -0.39 is 6.10 Å². The Labute approximate surface area is 177 Å². The van der Waals surface area contributed by atoms with Crippen LogP contribution in [0.4, 0.5) is 0 Å². The number of benzene rings is 2. The number of carbonyl (C=O) groups is 1. The summed E-state index contributed by atoms with van der Waals surface area (Å²) in [5.41, 5.74) is 3.00. The van der Waals surface area contributed by atoms with Crippen LogP contribution >= 0.6 is 11.6 Å². The lowest BCUT2D eigenvalue weighted by Gasteiger charge is -2.18. The molecule has 0 aromatic heterocycles. The summed E-state index contributed by atoms with van der Waals surface area (Å²) in [7, 11) is 1.36. The smallest absolute Gasteiger partial charge is 0.330 e. The van der Waals surface area contributed by atoms with Gasteiger partial charge in [-0.15, -0.1) is 0 Å². The lowest BCUT2D eigenvalue weighted by molar-refractivity contribution is -0.134. The molecule has 0 amide bonds. The molecule has 2 aromatic rings. The molecule has 0 radical (unpaired) electrons. The minimum atomic E-state index is -0.637. The number of allylic oxidation sites excluding steroid dienone is 1. The summed E-state index contributed by atoms with van der Waals surface area (Å²) < 4.78 is 10.2. The molecule has 0 aliphatic carbocycles. The van der Waals surface area contributed by atoms with Crippen molar-refractivity contribution in [1.82, 2.24) is 5.32 Å². The summed E-state index contributed by atoms with van der Waals surface area (Å²) >= 11 is 6.04. The van der Waals surface area contributed by atoms with Crippen molar-refractivity contribution in [2.75, 3.05) is 20.3 Å². The number of methoxy groups -OCH3 is 1. The number of esters is 1. The van der Waals surface area contributed by atoms with Crippen molar-refractivity contribution < 1.29 is 19.4 Å². The van der Waals surface area contributed by atoms with E-state index >= 15 is 0 Å². The van der Waals surface area contributed by atoms with Gasteiger partial charge in [0.1, 0.15) is 18.5 Å². The van der Waals surface area contributed by atoms with Crippen molar-refractivity contribution in [2.45, 2.75) is 32.4 Å². The van der Waals surface area contributed by atoms with Gasteiger partial charge in [-0.25, -0.2) is 4.79 Å². The first-order chi connectivity index (χ1) is 13.9. The second-order valence-corrected chi connectivity index (χ2v) is 7.36. The first-order valence-corrected chi connectivity index (χ1v) is 9.91. The molecule has 0 aliphatic heterocycles. The number of aliphatic hydroxyl groups is 1. The zero-order chi connectivity index (χ0) is 21.2. The first kappa shape index (κ1) is 22.9. The summed E-state index contributed by atoms with van der Waals surface area (Å²) in [6.07, 6.45) is 1.66. The number of hydrogen-bond donors (Lipinski definition) is 2. The molecule has 2 rings (SSSR count). The molecular weight excluding hydrogens is 390 g/mol. The largest absolute Gasteiger partial charge is 0.489 e.